The summed E-state index contributed by atoms with van der Waals surface area (Å²) >= 11 is 2.96. The van der Waals surface area contributed by atoms with Gasteiger partial charge in [0, 0.05) is 11.4 Å². The van der Waals surface area contributed by atoms with E-state index in [1.807, 2.05) is 0 Å². The summed E-state index contributed by atoms with van der Waals surface area (Å²) in [6, 6.07) is 1.09. The van der Waals surface area contributed by atoms with Gasteiger partial charge in [-0.05, 0) is 6.92 Å². The second-order valence-electron chi connectivity index (χ2n) is 3.00. The summed E-state index contributed by atoms with van der Waals surface area (Å²) in [4.78, 5) is 13.4. The normalized spacial score (nSPS) is 11.4. The maximum atomic E-state index is 12.0. The molecule has 1 aromatic rings. The quantitative estimate of drug-likeness (QED) is 0.488. The van der Waals surface area contributed by atoms with Gasteiger partial charge in [-0.25, -0.2) is 4.98 Å². The number of pyridine rings is 1. The van der Waals surface area contributed by atoms with E-state index in [1.54, 1.807) is 0 Å². The highest BCUT2D eigenvalue weighted by Gasteiger charge is 2.34. The van der Waals surface area contributed by atoms with Crippen LogP contribution in [0.15, 0.2) is 6.07 Å². The predicted octanol–water partition coefficient (Wildman–Crippen LogP) is 3.09. The van der Waals surface area contributed by atoms with Crippen LogP contribution >= 0.6 is 15.9 Å². The smallest absolute Gasteiger partial charge is 0.387 e. The van der Waals surface area contributed by atoms with Crippen molar-refractivity contribution in [2.75, 3.05) is 0 Å². The minimum absolute atomic E-state index is 0.0848. The average Bonchev–Trinajstić information content (AvgIpc) is 2.18. The third-order valence-corrected chi connectivity index (χ3v) is 2.37. The molecule has 1 heterocycles. The molecule has 0 aliphatic rings. The molecule has 0 saturated heterocycles. The number of nitro groups is 1. The van der Waals surface area contributed by atoms with E-state index < -0.39 is 22.9 Å². The number of hydrogen-bond donors (Lipinski definition) is 0. The van der Waals surface area contributed by atoms with Crippen molar-refractivity contribution >= 4 is 21.6 Å². The van der Waals surface area contributed by atoms with Crippen molar-refractivity contribution in [3.05, 3.63) is 27.4 Å². The van der Waals surface area contributed by atoms with Gasteiger partial charge in [0.05, 0.1) is 16.2 Å². The van der Waals surface area contributed by atoms with Crippen molar-refractivity contribution in [3.63, 3.8) is 0 Å². The van der Waals surface area contributed by atoms with Gasteiger partial charge < -0.3 is 4.74 Å². The Labute approximate surface area is 102 Å². The van der Waals surface area contributed by atoms with Crippen LogP contribution < -0.4 is 4.74 Å². The largest absolute Gasteiger partial charge is 0.574 e. The predicted molar refractivity (Wildman–Crippen MR) is 54.9 cm³/mol. The highest BCUT2D eigenvalue weighted by molar-refractivity contribution is 9.08. The number of rotatable bonds is 3. The molecule has 94 valence electrons. The summed E-state index contributed by atoms with van der Waals surface area (Å²) < 4.78 is 39.8. The lowest BCUT2D eigenvalue weighted by atomic mass is 10.2. The average molecular weight is 315 g/mol. The van der Waals surface area contributed by atoms with Gasteiger partial charge in [0.1, 0.15) is 0 Å². The van der Waals surface area contributed by atoms with Gasteiger partial charge in [0.2, 0.25) is 5.88 Å². The Morgan fingerprint density at radius 1 is 1.59 bits per heavy atom. The second kappa shape index (κ2) is 4.86. The zero-order valence-electron chi connectivity index (χ0n) is 8.42. The van der Waals surface area contributed by atoms with Gasteiger partial charge in [-0.1, -0.05) is 15.9 Å². The third-order valence-electron chi connectivity index (χ3n) is 1.80. The molecule has 9 heteroatoms. The van der Waals surface area contributed by atoms with Crippen LogP contribution in [-0.2, 0) is 5.33 Å². The topological polar surface area (TPSA) is 65.3 Å². The molecule has 0 N–H and O–H groups in total. The fraction of sp³-hybridized carbons (Fsp3) is 0.375. The number of ether oxygens (including phenoxy) is 1. The van der Waals surface area contributed by atoms with Crippen LogP contribution in [0.25, 0.3) is 0 Å². The van der Waals surface area contributed by atoms with Crippen LogP contribution in [0.4, 0.5) is 18.9 Å². The standard InChI is InChI=1S/C8H6BrF3N2O3/c1-4-6(14(15)16)2-5(3-9)13-7(4)17-8(10,11)12/h2H,3H2,1H3. The Morgan fingerprint density at radius 2 is 2.18 bits per heavy atom. The van der Waals surface area contributed by atoms with Crippen LogP contribution in [0, 0.1) is 17.0 Å². The molecule has 0 unspecified atom stereocenters. The van der Waals surface area contributed by atoms with Crippen LogP contribution in [0.5, 0.6) is 5.88 Å². The highest BCUT2D eigenvalue weighted by Crippen LogP contribution is 2.31. The Balaban J connectivity index is 3.29. The van der Waals surface area contributed by atoms with Crippen molar-refractivity contribution in [1.82, 2.24) is 4.98 Å². The summed E-state index contributed by atoms with van der Waals surface area (Å²) in [7, 11) is 0. The molecule has 0 aliphatic heterocycles. The van der Waals surface area contributed by atoms with Crippen LogP contribution in [0.1, 0.15) is 11.3 Å². The molecule has 1 aromatic heterocycles. The van der Waals surface area contributed by atoms with Gasteiger partial charge in [-0.2, -0.15) is 0 Å². The Bertz CT molecular complexity index is 450. The Hall–Kier alpha value is -1.38. The van der Waals surface area contributed by atoms with E-state index in [0.717, 1.165) is 13.0 Å². The number of nitrogens with zero attached hydrogens (tertiary/aromatic N) is 2. The molecule has 5 nitrogen and oxygen atoms in total. The molecule has 1 rings (SSSR count). The Kier molecular flexibility index (Phi) is 3.91. The molecule has 0 fully saturated rings. The summed E-state index contributed by atoms with van der Waals surface area (Å²) in [5, 5.41) is 10.7. The van der Waals surface area contributed by atoms with Crippen molar-refractivity contribution in [2.24, 2.45) is 0 Å². The first-order chi connectivity index (χ1) is 7.74. The first kappa shape index (κ1) is 13.7. The second-order valence-corrected chi connectivity index (χ2v) is 3.56. The van der Waals surface area contributed by atoms with Crippen molar-refractivity contribution in [1.29, 1.82) is 0 Å². The van der Waals surface area contributed by atoms with Crippen LogP contribution in [0.3, 0.4) is 0 Å². The lowest BCUT2D eigenvalue weighted by molar-refractivity contribution is -0.385. The molecule has 0 aromatic carbocycles. The van der Waals surface area contributed by atoms with Crippen molar-refractivity contribution < 1.29 is 22.8 Å². The van der Waals surface area contributed by atoms with E-state index in [1.165, 1.54) is 0 Å². The lowest BCUT2D eigenvalue weighted by Crippen LogP contribution is -2.19. The van der Waals surface area contributed by atoms with E-state index in [4.69, 9.17) is 0 Å². The molecular formula is C8H6BrF3N2O3. The first-order valence-corrected chi connectivity index (χ1v) is 5.33. The monoisotopic (exact) mass is 314 g/mol. The fourth-order valence-electron chi connectivity index (χ4n) is 1.09. The van der Waals surface area contributed by atoms with Crippen molar-refractivity contribution in [2.45, 2.75) is 18.6 Å². The zero-order valence-corrected chi connectivity index (χ0v) is 10.0. The van der Waals surface area contributed by atoms with Crippen molar-refractivity contribution in [3.8, 4) is 5.88 Å². The molecule has 0 amide bonds. The van der Waals surface area contributed by atoms with Crippen LogP contribution in [0.2, 0.25) is 0 Å². The number of halogens is 4. The Morgan fingerprint density at radius 3 is 2.59 bits per heavy atom. The first-order valence-electron chi connectivity index (χ1n) is 4.21. The SMILES string of the molecule is Cc1c([N+](=O)[O-])cc(CBr)nc1OC(F)(F)F. The van der Waals surface area contributed by atoms with Gasteiger partial charge >= 0.3 is 6.36 Å². The number of aromatic nitrogens is 1. The minimum atomic E-state index is -4.93. The van der Waals surface area contributed by atoms with E-state index in [0.29, 0.717) is 0 Å². The van der Waals surface area contributed by atoms with Gasteiger partial charge in [-0.15, -0.1) is 13.2 Å². The zero-order chi connectivity index (χ0) is 13.2. The highest BCUT2D eigenvalue weighted by atomic mass is 79.9. The van der Waals surface area contributed by atoms with E-state index in [-0.39, 0.29) is 16.6 Å². The number of alkyl halides is 4. The molecule has 0 aliphatic carbocycles. The van der Waals surface area contributed by atoms with E-state index in [9.17, 15) is 23.3 Å². The van der Waals surface area contributed by atoms with E-state index >= 15 is 0 Å². The lowest BCUT2D eigenvalue weighted by Gasteiger charge is -2.11. The fourth-order valence-corrected chi connectivity index (χ4v) is 1.38. The molecule has 0 radical (unpaired) electrons. The molecule has 0 saturated carbocycles. The summed E-state index contributed by atoms with van der Waals surface area (Å²) in [6.07, 6.45) is -4.93. The molecule has 0 atom stereocenters. The third kappa shape index (κ3) is 3.55. The summed E-state index contributed by atoms with van der Waals surface area (Å²) in [5.74, 6) is -0.804. The summed E-state index contributed by atoms with van der Waals surface area (Å²) in [5.41, 5.74) is -0.646. The molecular weight excluding hydrogens is 309 g/mol. The van der Waals surface area contributed by atoms with Gasteiger partial charge in [0.25, 0.3) is 5.69 Å². The molecule has 0 bridgehead atoms. The van der Waals surface area contributed by atoms with Crippen LogP contribution in [-0.4, -0.2) is 16.3 Å². The molecule has 17 heavy (non-hydrogen) atoms. The minimum Gasteiger partial charge on any atom is -0.387 e. The van der Waals surface area contributed by atoms with Gasteiger partial charge in [-0.3, -0.25) is 10.1 Å². The van der Waals surface area contributed by atoms with E-state index in [2.05, 4.69) is 25.7 Å². The molecule has 0 spiro atoms. The van der Waals surface area contributed by atoms with Gasteiger partial charge in [0.15, 0.2) is 0 Å². The maximum Gasteiger partial charge on any atom is 0.574 e. The number of hydrogen-bond acceptors (Lipinski definition) is 4. The maximum absolute atomic E-state index is 12.0. The summed E-state index contributed by atoms with van der Waals surface area (Å²) in [6.45, 7) is 1.14.